The van der Waals surface area contributed by atoms with Crippen LogP contribution in [0.4, 0.5) is 0 Å². The third kappa shape index (κ3) is 4.28. The van der Waals surface area contributed by atoms with Crippen molar-refractivity contribution in [3.8, 4) is 11.5 Å². The highest BCUT2D eigenvalue weighted by atomic mass is 16.5. The SMILES string of the molecule is COC(CN1C[C@H]2CC(Oc3ccc(C)cc3)C[C@H]2C1)c1ccc(O)cc1. The number of fused-ring (bicyclic) bond motifs is 1. The number of phenolic OH excluding ortho intramolecular Hbond substituents is 1. The summed E-state index contributed by atoms with van der Waals surface area (Å²) in [6, 6.07) is 15.7. The molecule has 1 N–H and O–H groups in total. The van der Waals surface area contributed by atoms with E-state index in [0.717, 1.165) is 55.6 Å². The van der Waals surface area contributed by atoms with Crippen LogP contribution in [0.1, 0.15) is 30.1 Å². The lowest BCUT2D eigenvalue weighted by Crippen LogP contribution is -2.29. The number of nitrogens with zero attached hydrogens (tertiary/aromatic N) is 1. The van der Waals surface area contributed by atoms with Crippen LogP contribution in [0.25, 0.3) is 0 Å². The van der Waals surface area contributed by atoms with Crippen LogP contribution in [0, 0.1) is 18.8 Å². The van der Waals surface area contributed by atoms with Crippen LogP contribution >= 0.6 is 0 Å². The first-order valence-corrected chi connectivity index (χ1v) is 9.88. The van der Waals surface area contributed by atoms with Crippen LogP contribution < -0.4 is 4.74 Å². The maximum absolute atomic E-state index is 9.49. The number of hydrogen-bond donors (Lipinski definition) is 1. The second-order valence-corrected chi connectivity index (χ2v) is 8.08. The molecule has 0 spiro atoms. The lowest BCUT2D eigenvalue weighted by Gasteiger charge is -2.24. The van der Waals surface area contributed by atoms with Crippen LogP contribution in [-0.2, 0) is 4.74 Å². The fourth-order valence-electron chi connectivity index (χ4n) is 4.64. The van der Waals surface area contributed by atoms with Crippen molar-refractivity contribution < 1.29 is 14.6 Å². The standard InChI is InChI=1S/C23H29NO3/c1-16-3-9-21(10-4-16)27-22-11-18-13-24(14-19(18)12-22)15-23(26-2)17-5-7-20(25)8-6-17/h3-10,18-19,22-23,25H,11-15H2,1-2H3/t18-,19+,22?,23?. The summed E-state index contributed by atoms with van der Waals surface area (Å²) >= 11 is 0. The molecule has 4 atom stereocenters. The van der Waals surface area contributed by atoms with Gasteiger partial charge in [-0.3, -0.25) is 4.90 Å². The smallest absolute Gasteiger partial charge is 0.119 e. The summed E-state index contributed by atoms with van der Waals surface area (Å²) in [5, 5.41) is 9.49. The Morgan fingerprint density at radius 2 is 1.63 bits per heavy atom. The normalized spacial score (nSPS) is 26.1. The zero-order valence-corrected chi connectivity index (χ0v) is 16.2. The lowest BCUT2D eigenvalue weighted by atomic mass is 10.0. The van der Waals surface area contributed by atoms with Gasteiger partial charge in [0.1, 0.15) is 11.5 Å². The Hall–Kier alpha value is -2.04. The number of rotatable bonds is 6. The van der Waals surface area contributed by atoms with Crippen molar-refractivity contribution >= 4 is 0 Å². The maximum Gasteiger partial charge on any atom is 0.119 e. The molecule has 1 saturated carbocycles. The van der Waals surface area contributed by atoms with Gasteiger partial charge in [0.2, 0.25) is 0 Å². The molecule has 2 fully saturated rings. The Labute approximate surface area is 161 Å². The highest BCUT2D eigenvalue weighted by Crippen LogP contribution is 2.40. The van der Waals surface area contributed by atoms with Gasteiger partial charge in [-0.15, -0.1) is 0 Å². The Morgan fingerprint density at radius 1 is 1.00 bits per heavy atom. The number of benzene rings is 2. The molecule has 4 nitrogen and oxygen atoms in total. The molecule has 2 aromatic carbocycles. The van der Waals surface area contributed by atoms with Gasteiger partial charge >= 0.3 is 0 Å². The second-order valence-electron chi connectivity index (χ2n) is 8.08. The zero-order valence-electron chi connectivity index (χ0n) is 16.2. The first kappa shape index (κ1) is 18.3. The van der Waals surface area contributed by atoms with E-state index in [-0.39, 0.29) is 6.10 Å². The minimum Gasteiger partial charge on any atom is -0.508 e. The predicted octanol–water partition coefficient (Wildman–Crippen LogP) is 4.18. The van der Waals surface area contributed by atoms with Crippen molar-refractivity contribution in [1.82, 2.24) is 4.90 Å². The monoisotopic (exact) mass is 367 g/mol. The third-order valence-electron chi connectivity index (χ3n) is 6.08. The largest absolute Gasteiger partial charge is 0.508 e. The zero-order chi connectivity index (χ0) is 18.8. The molecule has 0 radical (unpaired) electrons. The first-order chi connectivity index (χ1) is 13.1. The third-order valence-corrected chi connectivity index (χ3v) is 6.08. The molecule has 144 valence electrons. The van der Waals surface area contributed by atoms with Gasteiger partial charge in [0.05, 0.1) is 12.2 Å². The Balaban J connectivity index is 1.30. The second kappa shape index (κ2) is 7.91. The lowest BCUT2D eigenvalue weighted by molar-refractivity contribution is 0.0667. The minimum atomic E-state index is 0.0454. The number of phenols is 1. The fraction of sp³-hybridized carbons (Fsp3) is 0.478. The highest BCUT2D eigenvalue weighted by molar-refractivity contribution is 5.28. The van der Waals surface area contributed by atoms with Crippen LogP contribution in [0.5, 0.6) is 11.5 Å². The van der Waals surface area contributed by atoms with E-state index in [4.69, 9.17) is 9.47 Å². The van der Waals surface area contributed by atoms with Crippen molar-refractivity contribution in [1.29, 1.82) is 0 Å². The number of hydrogen-bond acceptors (Lipinski definition) is 4. The van der Waals surface area contributed by atoms with E-state index in [0.29, 0.717) is 11.9 Å². The summed E-state index contributed by atoms with van der Waals surface area (Å²) in [7, 11) is 1.76. The van der Waals surface area contributed by atoms with E-state index in [1.807, 2.05) is 12.1 Å². The fourth-order valence-corrected chi connectivity index (χ4v) is 4.64. The molecule has 0 bridgehead atoms. The van der Waals surface area contributed by atoms with Gasteiger partial charge in [0.15, 0.2) is 0 Å². The molecular weight excluding hydrogens is 338 g/mol. The average molecular weight is 367 g/mol. The number of aromatic hydroxyl groups is 1. The summed E-state index contributed by atoms with van der Waals surface area (Å²) < 4.78 is 11.9. The maximum atomic E-state index is 9.49. The molecule has 27 heavy (non-hydrogen) atoms. The summed E-state index contributed by atoms with van der Waals surface area (Å²) in [5.74, 6) is 2.73. The van der Waals surface area contributed by atoms with Crippen LogP contribution in [0.15, 0.2) is 48.5 Å². The van der Waals surface area contributed by atoms with Crippen molar-refractivity contribution in [3.05, 3.63) is 59.7 Å². The first-order valence-electron chi connectivity index (χ1n) is 9.88. The summed E-state index contributed by atoms with van der Waals surface area (Å²) in [4.78, 5) is 2.53. The summed E-state index contributed by atoms with van der Waals surface area (Å²) in [5.41, 5.74) is 2.38. The van der Waals surface area contributed by atoms with Crippen molar-refractivity contribution in [2.75, 3.05) is 26.7 Å². The van der Waals surface area contributed by atoms with Gasteiger partial charge in [-0.2, -0.15) is 0 Å². The predicted molar refractivity (Wildman–Crippen MR) is 106 cm³/mol. The Kier molecular flexibility index (Phi) is 5.37. The highest BCUT2D eigenvalue weighted by Gasteiger charge is 2.42. The van der Waals surface area contributed by atoms with E-state index in [9.17, 15) is 5.11 Å². The average Bonchev–Trinajstić information content (AvgIpc) is 3.20. The number of likely N-dealkylation sites (tertiary alicyclic amines) is 1. The number of ether oxygens (including phenoxy) is 2. The van der Waals surface area contributed by atoms with E-state index in [2.05, 4.69) is 36.1 Å². The van der Waals surface area contributed by atoms with Gasteiger partial charge in [-0.05, 0) is 61.4 Å². The van der Waals surface area contributed by atoms with Gasteiger partial charge in [0.25, 0.3) is 0 Å². The molecule has 0 aromatic heterocycles. The van der Waals surface area contributed by atoms with Gasteiger partial charge in [-0.25, -0.2) is 0 Å². The quantitative estimate of drug-likeness (QED) is 0.832. The number of methoxy groups -OCH3 is 1. The van der Waals surface area contributed by atoms with E-state index >= 15 is 0 Å². The summed E-state index contributed by atoms with van der Waals surface area (Å²) in [6.07, 6.45) is 2.68. The molecular formula is C23H29NO3. The van der Waals surface area contributed by atoms with Gasteiger partial charge in [-0.1, -0.05) is 29.8 Å². The molecule has 1 saturated heterocycles. The van der Waals surface area contributed by atoms with Crippen LogP contribution in [-0.4, -0.2) is 42.9 Å². The van der Waals surface area contributed by atoms with Crippen molar-refractivity contribution in [2.45, 2.75) is 32.0 Å². The molecule has 2 unspecified atom stereocenters. The molecule has 4 heteroatoms. The molecule has 1 aliphatic carbocycles. The Bertz CT molecular complexity index is 729. The topological polar surface area (TPSA) is 41.9 Å². The Morgan fingerprint density at radius 3 is 2.22 bits per heavy atom. The van der Waals surface area contributed by atoms with E-state index < -0.39 is 0 Å². The molecule has 2 aromatic rings. The van der Waals surface area contributed by atoms with Gasteiger partial charge < -0.3 is 14.6 Å². The van der Waals surface area contributed by atoms with E-state index in [1.54, 1.807) is 19.2 Å². The van der Waals surface area contributed by atoms with Crippen molar-refractivity contribution in [3.63, 3.8) is 0 Å². The van der Waals surface area contributed by atoms with Gasteiger partial charge in [0, 0.05) is 26.7 Å². The molecule has 4 rings (SSSR count). The van der Waals surface area contributed by atoms with E-state index in [1.165, 1.54) is 5.56 Å². The summed E-state index contributed by atoms with van der Waals surface area (Å²) in [6.45, 7) is 5.24. The number of aryl methyl sites for hydroxylation is 1. The van der Waals surface area contributed by atoms with Crippen molar-refractivity contribution in [2.24, 2.45) is 11.8 Å². The van der Waals surface area contributed by atoms with Crippen LogP contribution in [0.2, 0.25) is 0 Å². The molecule has 1 aliphatic heterocycles. The molecule has 0 amide bonds. The minimum absolute atomic E-state index is 0.0454. The van der Waals surface area contributed by atoms with Crippen LogP contribution in [0.3, 0.4) is 0 Å². The molecule has 1 heterocycles. The molecule has 2 aliphatic rings.